The van der Waals surface area contributed by atoms with Crippen molar-refractivity contribution in [2.75, 3.05) is 6.54 Å². The van der Waals surface area contributed by atoms with E-state index in [1.807, 2.05) is 0 Å². The standard InChI is InChI=1S/C10H22N2/c1-7(2)8(11)6-12-9-5-10(9,3)4/h7-9,12H,5-6,11H2,1-4H3. The van der Waals surface area contributed by atoms with Gasteiger partial charge in [-0.1, -0.05) is 27.7 Å². The van der Waals surface area contributed by atoms with Crippen LogP contribution in [0.25, 0.3) is 0 Å². The fourth-order valence-electron chi connectivity index (χ4n) is 1.33. The van der Waals surface area contributed by atoms with E-state index in [2.05, 4.69) is 33.0 Å². The fourth-order valence-corrected chi connectivity index (χ4v) is 1.33. The highest BCUT2D eigenvalue weighted by Crippen LogP contribution is 2.44. The van der Waals surface area contributed by atoms with E-state index >= 15 is 0 Å². The van der Waals surface area contributed by atoms with Crippen molar-refractivity contribution in [3.63, 3.8) is 0 Å². The smallest absolute Gasteiger partial charge is 0.0188 e. The lowest BCUT2D eigenvalue weighted by Crippen LogP contribution is -2.39. The summed E-state index contributed by atoms with van der Waals surface area (Å²) >= 11 is 0. The predicted octanol–water partition coefficient (Wildman–Crippen LogP) is 1.36. The first-order valence-corrected chi connectivity index (χ1v) is 4.92. The molecule has 72 valence electrons. The molecule has 0 aliphatic heterocycles. The molecule has 1 saturated carbocycles. The Morgan fingerprint density at radius 1 is 1.50 bits per heavy atom. The summed E-state index contributed by atoms with van der Waals surface area (Å²) in [6, 6.07) is 1.02. The molecule has 0 bridgehead atoms. The average Bonchev–Trinajstić information content (AvgIpc) is 2.54. The Hall–Kier alpha value is -0.0800. The highest BCUT2D eigenvalue weighted by atomic mass is 15.0. The van der Waals surface area contributed by atoms with E-state index in [0.29, 0.717) is 23.4 Å². The predicted molar refractivity (Wildman–Crippen MR) is 53.0 cm³/mol. The first kappa shape index (κ1) is 10.0. The molecule has 2 atom stereocenters. The molecular weight excluding hydrogens is 148 g/mol. The van der Waals surface area contributed by atoms with Crippen molar-refractivity contribution >= 4 is 0 Å². The van der Waals surface area contributed by atoms with Gasteiger partial charge in [-0.05, 0) is 17.8 Å². The quantitative estimate of drug-likeness (QED) is 0.668. The Kier molecular flexibility index (Phi) is 2.79. The second-order valence-corrected chi connectivity index (χ2v) is 5.06. The first-order chi connectivity index (χ1) is 5.43. The molecule has 1 fully saturated rings. The molecule has 1 aliphatic rings. The Balaban J connectivity index is 2.11. The third-order valence-electron chi connectivity index (χ3n) is 2.97. The van der Waals surface area contributed by atoms with Gasteiger partial charge in [0, 0.05) is 18.6 Å². The third-order valence-corrected chi connectivity index (χ3v) is 2.97. The molecule has 0 aromatic rings. The molecule has 2 nitrogen and oxygen atoms in total. The lowest BCUT2D eigenvalue weighted by atomic mass is 10.1. The molecule has 0 radical (unpaired) electrons. The summed E-state index contributed by atoms with van der Waals surface area (Å²) in [6.07, 6.45) is 1.30. The monoisotopic (exact) mass is 170 g/mol. The number of rotatable bonds is 4. The number of nitrogens with one attached hydrogen (secondary N) is 1. The van der Waals surface area contributed by atoms with Crippen molar-refractivity contribution < 1.29 is 0 Å². The van der Waals surface area contributed by atoms with Crippen LogP contribution in [0.2, 0.25) is 0 Å². The molecule has 1 aliphatic carbocycles. The Morgan fingerprint density at radius 3 is 2.33 bits per heavy atom. The van der Waals surface area contributed by atoms with Crippen molar-refractivity contribution in [1.82, 2.24) is 5.32 Å². The van der Waals surface area contributed by atoms with Crippen molar-refractivity contribution in [2.45, 2.75) is 46.2 Å². The van der Waals surface area contributed by atoms with Crippen molar-refractivity contribution in [3.8, 4) is 0 Å². The second-order valence-electron chi connectivity index (χ2n) is 5.06. The summed E-state index contributed by atoms with van der Waals surface area (Å²) in [5.74, 6) is 0.583. The van der Waals surface area contributed by atoms with Crippen LogP contribution in [-0.4, -0.2) is 18.6 Å². The third kappa shape index (κ3) is 2.46. The van der Waals surface area contributed by atoms with E-state index in [4.69, 9.17) is 5.73 Å². The van der Waals surface area contributed by atoms with Gasteiger partial charge in [-0.3, -0.25) is 0 Å². The van der Waals surface area contributed by atoms with E-state index < -0.39 is 0 Å². The summed E-state index contributed by atoms with van der Waals surface area (Å²) in [7, 11) is 0. The van der Waals surface area contributed by atoms with Crippen LogP contribution in [0.4, 0.5) is 0 Å². The summed E-state index contributed by atoms with van der Waals surface area (Å²) in [5.41, 5.74) is 6.44. The zero-order valence-electron chi connectivity index (χ0n) is 8.72. The zero-order chi connectivity index (χ0) is 9.35. The zero-order valence-corrected chi connectivity index (χ0v) is 8.72. The topological polar surface area (TPSA) is 38.0 Å². The number of nitrogens with two attached hydrogens (primary N) is 1. The van der Waals surface area contributed by atoms with Crippen LogP contribution in [0.15, 0.2) is 0 Å². The molecule has 0 amide bonds. The Labute approximate surface area is 75.9 Å². The summed E-state index contributed by atoms with van der Waals surface area (Å²) in [6.45, 7) is 9.90. The number of hydrogen-bond acceptors (Lipinski definition) is 2. The van der Waals surface area contributed by atoms with Gasteiger partial charge >= 0.3 is 0 Å². The summed E-state index contributed by atoms with van der Waals surface area (Å²) < 4.78 is 0. The molecule has 1 rings (SSSR count). The van der Waals surface area contributed by atoms with Crippen LogP contribution < -0.4 is 11.1 Å². The molecular formula is C10H22N2. The van der Waals surface area contributed by atoms with Gasteiger partial charge < -0.3 is 11.1 Å². The maximum atomic E-state index is 5.92. The summed E-state index contributed by atoms with van der Waals surface area (Å²) in [5, 5.41) is 3.50. The lowest BCUT2D eigenvalue weighted by molar-refractivity contribution is 0.438. The largest absolute Gasteiger partial charge is 0.326 e. The summed E-state index contributed by atoms with van der Waals surface area (Å²) in [4.78, 5) is 0. The Bertz CT molecular complexity index is 150. The molecule has 0 aromatic heterocycles. The molecule has 0 heterocycles. The van der Waals surface area contributed by atoms with E-state index in [-0.39, 0.29) is 0 Å². The molecule has 12 heavy (non-hydrogen) atoms. The van der Waals surface area contributed by atoms with Gasteiger partial charge in [0.25, 0.3) is 0 Å². The normalized spacial score (nSPS) is 29.0. The molecule has 0 spiro atoms. The average molecular weight is 170 g/mol. The minimum absolute atomic E-state index is 0.307. The van der Waals surface area contributed by atoms with Gasteiger partial charge in [-0.2, -0.15) is 0 Å². The highest BCUT2D eigenvalue weighted by Gasteiger charge is 2.45. The molecule has 0 aromatic carbocycles. The lowest BCUT2D eigenvalue weighted by Gasteiger charge is -2.16. The van der Waals surface area contributed by atoms with Crippen LogP contribution in [0.1, 0.15) is 34.1 Å². The van der Waals surface area contributed by atoms with E-state index in [9.17, 15) is 0 Å². The van der Waals surface area contributed by atoms with Crippen LogP contribution in [0.5, 0.6) is 0 Å². The highest BCUT2D eigenvalue weighted by molar-refractivity contribution is 5.01. The first-order valence-electron chi connectivity index (χ1n) is 4.92. The Morgan fingerprint density at radius 2 is 2.00 bits per heavy atom. The molecule has 3 N–H and O–H groups in total. The molecule has 2 unspecified atom stereocenters. The SMILES string of the molecule is CC(C)C(N)CNC1CC1(C)C. The van der Waals surface area contributed by atoms with Crippen LogP contribution >= 0.6 is 0 Å². The van der Waals surface area contributed by atoms with E-state index in [0.717, 1.165) is 6.54 Å². The number of hydrogen-bond donors (Lipinski definition) is 2. The van der Waals surface area contributed by atoms with Crippen LogP contribution in [0.3, 0.4) is 0 Å². The van der Waals surface area contributed by atoms with Gasteiger partial charge in [0.1, 0.15) is 0 Å². The maximum absolute atomic E-state index is 5.92. The fraction of sp³-hybridized carbons (Fsp3) is 1.00. The van der Waals surface area contributed by atoms with Crippen LogP contribution in [-0.2, 0) is 0 Å². The molecule has 0 saturated heterocycles. The van der Waals surface area contributed by atoms with Gasteiger partial charge in [0.2, 0.25) is 0 Å². The van der Waals surface area contributed by atoms with E-state index in [1.165, 1.54) is 6.42 Å². The van der Waals surface area contributed by atoms with Crippen LogP contribution in [0, 0.1) is 11.3 Å². The minimum Gasteiger partial charge on any atom is -0.326 e. The van der Waals surface area contributed by atoms with E-state index in [1.54, 1.807) is 0 Å². The van der Waals surface area contributed by atoms with Gasteiger partial charge in [0.15, 0.2) is 0 Å². The van der Waals surface area contributed by atoms with Gasteiger partial charge in [-0.25, -0.2) is 0 Å². The van der Waals surface area contributed by atoms with Gasteiger partial charge in [-0.15, -0.1) is 0 Å². The maximum Gasteiger partial charge on any atom is 0.0188 e. The van der Waals surface area contributed by atoms with Crippen molar-refractivity contribution in [3.05, 3.63) is 0 Å². The van der Waals surface area contributed by atoms with Crippen molar-refractivity contribution in [1.29, 1.82) is 0 Å². The molecule has 2 heteroatoms. The van der Waals surface area contributed by atoms with Crippen molar-refractivity contribution in [2.24, 2.45) is 17.1 Å². The second kappa shape index (κ2) is 3.35. The minimum atomic E-state index is 0.307. The van der Waals surface area contributed by atoms with Gasteiger partial charge in [0.05, 0.1) is 0 Å².